The lowest BCUT2D eigenvalue weighted by Gasteiger charge is -2.32. The lowest BCUT2D eigenvalue weighted by molar-refractivity contribution is 0.00578. The fourth-order valence-electron chi connectivity index (χ4n) is 3.13. The molecule has 1 fully saturated rings. The van der Waals surface area contributed by atoms with Crippen LogP contribution in [-0.2, 0) is 14.0 Å². The summed E-state index contributed by atoms with van der Waals surface area (Å²) >= 11 is 0. The highest BCUT2D eigenvalue weighted by Crippen LogP contribution is 2.37. The number of amides is 1. The Kier molecular flexibility index (Phi) is 4.97. The van der Waals surface area contributed by atoms with Gasteiger partial charge in [-0.2, -0.15) is 0 Å². The minimum Gasteiger partial charge on any atom is -0.493 e. The molecular weight excluding hydrogens is 345 g/mol. The molecule has 1 saturated heterocycles. The molecular formula is C20H30BNO5. The van der Waals surface area contributed by atoms with Gasteiger partial charge in [0, 0.05) is 12.0 Å². The third-order valence-corrected chi connectivity index (χ3v) is 5.29. The van der Waals surface area contributed by atoms with Gasteiger partial charge in [0.1, 0.15) is 11.4 Å². The van der Waals surface area contributed by atoms with E-state index in [0.29, 0.717) is 13.0 Å². The molecule has 6 nitrogen and oxygen atoms in total. The molecule has 1 N–H and O–H groups in total. The van der Waals surface area contributed by atoms with Crippen LogP contribution >= 0.6 is 0 Å². The second-order valence-corrected chi connectivity index (χ2v) is 9.22. The molecule has 1 aromatic rings. The minimum atomic E-state index is -0.529. The topological polar surface area (TPSA) is 66.0 Å². The maximum atomic E-state index is 12.1. The van der Waals surface area contributed by atoms with E-state index in [9.17, 15) is 4.79 Å². The van der Waals surface area contributed by atoms with E-state index in [1.807, 2.05) is 66.7 Å². The molecule has 0 radical (unpaired) electrons. The van der Waals surface area contributed by atoms with Gasteiger partial charge in [-0.1, -0.05) is 12.1 Å². The number of hydrogen-bond acceptors (Lipinski definition) is 5. The summed E-state index contributed by atoms with van der Waals surface area (Å²) in [4.78, 5) is 12.1. The van der Waals surface area contributed by atoms with Gasteiger partial charge in [-0.3, -0.25) is 0 Å². The van der Waals surface area contributed by atoms with Crippen molar-refractivity contribution in [3.8, 4) is 5.75 Å². The zero-order chi connectivity index (χ0) is 20.0. The molecule has 148 valence electrons. The van der Waals surface area contributed by atoms with Crippen LogP contribution in [0, 0.1) is 0 Å². The molecule has 1 atom stereocenters. The van der Waals surface area contributed by atoms with Gasteiger partial charge < -0.3 is 24.1 Å². The monoisotopic (exact) mass is 375 g/mol. The smallest absolute Gasteiger partial charge is 0.493 e. The summed E-state index contributed by atoms with van der Waals surface area (Å²) in [6.07, 6.45) is 0.276. The van der Waals surface area contributed by atoms with Gasteiger partial charge in [0.2, 0.25) is 0 Å². The number of benzene rings is 1. The average Bonchev–Trinajstić information content (AvgIpc) is 2.73. The molecule has 0 spiro atoms. The lowest BCUT2D eigenvalue weighted by atomic mass is 9.78. The van der Waals surface area contributed by atoms with E-state index in [1.165, 1.54) is 0 Å². The molecule has 1 aromatic carbocycles. The molecule has 7 heteroatoms. The first-order chi connectivity index (χ1) is 12.4. The Morgan fingerprint density at radius 1 is 1.19 bits per heavy atom. The SMILES string of the molecule is CC(C)(C)OC(=O)NC1CCOc2cc(B3OC(C)(C)C(C)(C)O3)ccc21. The largest absolute Gasteiger partial charge is 0.494 e. The fourth-order valence-corrected chi connectivity index (χ4v) is 3.13. The maximum Gasteiger partial charge on any atom is 0.494 e. The van der Waals surface area contributed by atoms with Crippen LogP contribution in [0.3, 0.4) is 0 Å². The molecule has 27 heavy (non-hydrogen) atoms. The molecule has 2 aliphatic rings. The molecule has 1 amide bonds. The van der Waals surface area contributed by atoms with E-state index >= 15 is 0 Å². The molecule has 1 unspecified atom stereocenters. The Bertz CT molecular complexity index is 710. The Morgan fingerprint density at radius 3 is 2.41 bits per heavy atom. The normalized spacial score (nSPS) is 23.4. The number of nitrogens with one attached hydrogen (secondary N) is 1. The van der Waals surface area contributed by atoms with E-state index in [1.54, 1.807) is 0 Å². The second kappa shape index (κ2) is 6.71. The molecule has 2 aliphatic heterocycles. The third kappa shape index (κ3) is 4.24. The van der Waals surface area contributed by atoms with Crippen LogP contribution < -0.4 is 15.5 Å². The summed E-state index contributed by atoms with van der Waals surface area (Å²) < 4.78 is 23.5. The van der Waals surface area contributed by atoms with E-state index in [0.717, 1.165) is 16.8 Å². The number of ether oxygens (including phenoxy) is 2. The van der Waals surface area contributed by atoms with Crippen LogP contribution in [0.4, 0.5) is 4.79 Å². The number of carbonyl (C=O) groups excluding carboxylic acids is 1. The van der Waals surface area contributed by atoms with Gasteiger partial charge in [0.15, 0.2) is 0 Å². The predicted octanol–water partition coefficient (Wildman–Crippen LogP) is 3.33. The number of carbonyl (C=O) groups is 1. The van der Waals surface area contributed by atoms with Gasteiger partial charge in [-0.15, -0.1) is 0 Å². The first kappa shape index (κ1) is 20.0. The zero-order valence-electron chi connectivity index (χ0n) is 17.3. The van der Waals surface area contributed by atoms with Crippen LogP contribution in [0.2, 0.25) is 0 Å². The summed E-state index contributed by atoms with van der Waals surface area (Å²) in [5.41, 5.74) is 0.529. The van der Waals surface area contributed by atoms with Crippen LogP contribution in [0.15, 0.2) is 18.2 Å². The van der Waals surface area contributed by atoms with Crippen molar-refractivity contribution in [3.63, 3.8) is 0 Å². The van der Waals surface area contributed by atoms with Crippen LogP contribution in [0.5, 0.6) is 5.75 Å². The van der Waals surface area contributed by atoms with Crippen molar-refractivity contribution in [1.82, 2.24) is 5.32 Å². The lowest BCUT2D eigenvalue weighted by Crippen LogP contribution is -2.41. The van der Waals surface area contributed by atoms with Crippen molar-refractivity contribution in [2.45, 2.75) is 77.7 Å². The molecule has 3 rings (SSSR count). The highest BCUT2D eigenvalue weighted by atomic mass is 16.7. The van der Waals surface area contributed by atoms with E-state index in [2.05, 4.69) is 5.32 Å². The summed E-state index contributed by atoms with van der Waals surface area (Å²) in [5.74, 6) is 0.745. The summed E-state index contributed by atoms with van der Waals surface area (Å²) in [7, 11) is -0.442. The van der Waals surface area contributed by atoms with Crippen LogP contribution in [0.1, 0.15) is 66.5 Å². The van der Waals surface area contributed by atoms with Gasteiger partial charge >= 0.3 is 13.2 Å². The fraction of sp³-hybridized carbons (Fsp3) is 0.650. The van der Waals surface area contributed by atoms with Crippen LogP contribution in [0.25, 0.3) is 0 Å². The van der Waals surface area contributed by atoms with Crippen molar-refractivity contribution in [2.75, 3.05) is 6.61 Å². The van der Waals surface area contributed by atoms with Crippen molar-refractivity contribution in [1.29, 1.82) is 0 Å². The highest BCUT2D eigenvalue weighted by molar-refractivity contribution is 6.62. The molecule has 2 heterocycles. The number of hydrogen-bond donors (Lipinski definition) is 1. The predicted molar refractivity (Wildman–Crippen MR) is 104 cm³/mol. The second-order valence-electron chi connectivity index (χ2n) is 9.22. The van der Waals surface area contributed by atoms with Crippen molar-refractivity contribution < 1.29 is 23.6 Å². The standard InChI is InChI=1S/C20H30BNO5/c1-18(2,3)25-17(23)22-15-10-11-24-16-12-13(8-9-14(15)16)21-26-19(4,5)20(6,7)27-21/h8-9,12,15H,10-11H2,1-7H3,(H,22,23). The van der Waals surface area contributed by atoms with Gasteiger partial charge in [0.25, 0.3) is 0 Å². The van der Waals surface area contributed by atoms with Crippen molar-refractivity contribution >= 4 is 18.7 Å². The maximum absolute atomic E-state index is 12.1. The summed E-state index contributed by atoms with van der Waals surface area (Å²) in [6, 6.07) is 5.74. The Labute approximate surface area is 162 Å². The third-order valence-electron chi connectivity index (χ3n) is 5.29. The molecule has 0 aromatic heterocycles. The van der Waals surface area contributed by atoms with Crippen molar-refractivity contribution in [3.05, 3.63) is 23.8 Å². The first-order valence-electron chi connectivity index (χ1n) is 9.50. The number of rotatable bonds is 2. The van der Waals surface area contributed by atoms with Gasteiger partial charge in [0.05, 0.1) is 23.9 Å². The van der Waals surface area contributed by atoms with Gasteiger partial charge in [-0.05, 0) is 60.0 Å². The Morgan fingerprint density at radius 2 is 1.81 bits per heavy atom. The first-order valence-corrected chi connectivity index (χ1v) is 9.50. The molecule has 0 bridgehead atoms. The Hall–Kier alpha value is -1.73. The van der Waals surface area contributed by atoms with E-state index in [-0.39, 0.29) is 6.04 Å². The summed E-state index contributed by atoms with van der Waals surface area (Å²) in [6.45, 7) is 14.2. The average molecular weight is 375 g/mol. The quantitative estimate of drug-likeness (QED) is 0.804. The Balaban J connectivity index is 1.77. The number of fused-ring (bicyclic) bond motifs is 1. The van der Waals surface area contributed by atoms with Crippen LogP contribution in [-0.4, -0.2) is 36.6 Å². The van der Waals surface area contributed by atoms with Crippen molar-refractivity contribution in [2.24, 2.45) is 0 Å². The van der Waals surface area contributed by atoms with E-state index < -0.39 is 30.0 Å². The van der Waals surface area contributed by atoms with Gasteiger partial charge in [-0.25, -0.2) is 4.79 Å². The molecule has 0 aliphatic carbocycles. The summed E-state index contributed by atoms with van der Waals surface area (Å²) in [5, 5.41) is 2.94. The zero-order valence-corrected chi connectivity index (χ0v) is 17.3. The minimum absolute atomic E-state index is 0.143. The number of alkyl carbamates (subject to hydrolysis) is 1. The highest BCUT2D eigenvalue weighted by Gasteiger charge is 2.51. The molecule has 0 saturated carbocycles. The van der Waals surface area contributed by atoms with E-state index in [4.69, 9.17) is 18.8 Å².